The number of nitrogens with one attached hydrogen (secondary N) is 1. The molecule has 0 bridgehead atoms. The molecule has 1 aliphatic rings. The number of methoxy groups -OCH3 is 1. The van der Waals surface area contributed by atoms with Crippen molar-refractivity contribution in [3.8, 4) is 5.75 Å². The van der Waals surface area contributed by atoms with Crippen molar-refractivity contribution in [2.75, 3.05) is 32.6 Å². The van der Waals surface area contributed by atoms with Gasteiger partial charge in [-0.2, -0.15) is 0 Å². The molecule has 1 atom stereocenters. The van der Waals surface area contributed by atoms with Crippen molar-refractivity contribution in [3.05, 3.63) is 24.3 Å². The van der Waals surface area contributed by atoms with E-state index >= 15 is 0 Å². The van der Waals surface area contributed by atoms with Crippen LogP contribution in [0.1, 0.15) is 12.8 Å². The van der Waals surface area contributed by atoms with E-state index in [2.05, 4.69) is 10.2 Å². The summed E-state index contributed by atoms with van der Waals surface area (Å²) in [6, 6.07) is 7.63. The molecule has 0 saturated heterocycles. The zero-order valence-electron chi connectivity index (χ0n) is 12.5. The Balaban J connectivity index is 0.00000220. The maximum Gasteiger partial charge on any atom is 0.238 e. The Morgan fingerprint density at radius 3 is 2.52 bits per heavy atom. The summed E-state index contributed by atoms with van der Waals surface area (Å²) < 4.78 is 5.08. The number of nitrogens with zero attached hydrogens (tertiary/aromatic N) is 1. The average molecular weight is 314 g/mol. The second-order valence-corrected chi connectivity index (χ2v) is 5.33. The van der Waals surface area contributed by atoms with E-state index in [0.29, 0.717) is 25.0 Å². The van der Waals surface area contributed by atoms with E-state index in [-0.39, 0.29) is 18.3 Å². The number of halogens is 1. The zero-order valence-corrected chi connectivity index (χ0v) is 13.4. The first-order chi connectivity index (χ1) is 9.63. The number of hydrogen-bond acceptors (Lipinski definition) is 4. The lowest BCUT2D eigenvalue weighted by Gasteiger charge is -2.26. The van der Waals surface area contributed by atoms with E-state index in [1.54, 1.807) is 7.11 Å². The number of carbonyl (C=O) groups is 1. The van der Waals surface area contributed by atoms with Crippen molar-refractivity contribution < 1.29 is 9.53 Å². The minimum absolute atomic E-state index is 0. The molecule has 21 heavy (non-hydrogen) atoms. The molecule has 6 heteroatoms. The smallest absolute Gasteiger partial charge is 0.238 e. The lowest BCUT2D eigenvalue weighted by Crippen LogP contribution is -2.43. The molecule has 1 saturated carbocycles. The van der Waals surface area contributed by atoms with Crippen molar-refractivity contribution in [2.24, 2.45) is 11.7 Å². The van der Waals surface area contributed by atoms with Gasteiger partial charge in [0.25, 0.3) is 0 Å². The Morgan fingerprint density at radius 2 is 2.05 bits per heavy atom. The molecule has 1 aromatic carbocycles. The molecule has 3 N–H and O–H groups in total. The summed E-state index contributed by atoms with van der Waals surface area (Å²) in [6.07, 6.45) is 2.46. The summed E-state index contributed by atoms with van der Waals surface area (Å²) in [5.41, 5.74) is 6.57. The number of amides is 1. The van der Waals surface area contributed by atoms with E-state index in [1.165, 1.54) is 12.8 Å². The molecule has 0 heterocycles. The van der Waals surface area contributed by atoms with Crippen LogP contribution in [0.25, 0.3) is 0 Å². The SMILES string of the molecule is COc1ccc(NC(=O)CN(C)C(CN)C2CC2)cc1.Cl. The van der Waals surface area contributed by atoms with E-state index < -0.39 is 0 Å². The maximum absolute atomic E-state index is 12.0. The average Bonchev–Trinajstić information content (AvgIpc) is 3.25. The van der Waals surface area contributed by atoms with Gasteiger partial charge in [-0.15, -0.1) is 12.4 Å². The van der Waals surface area contributed by atoms with Gasteiger partial charge < -0.3 is 15.8 Å². The normalized spacial score (nSPS) is 15.2. The molecular formula is C15H24ClN3O2. The number of rotatable bonds is 7. The number of carbonyl (C=O) groups excluding carboxylic acids is 1. The zero-order chi connectivity index (χ0) is 14.5. The minimum atomic E-state index is -0.0169. The van der Waals surface area contributed by atoms with Crippen LogP contribution in [0, 0.1) is 5.92 Å². The van der Waals surface area contributed by atoms with Gasteiger partial charge in [0, 0.05) is 18.3 Å². The van der Waals surface area contributed by atoms with Gasteiger partial charge in [0.15, 0.2) is 0 Å². The predicted octanol–water partition coefficient (Wildman–Crippen LogP) is 1.72. The summed E-state index contributed by atoms with van der Waals surface area (Å²) in [4.78, 5) is 14.1. The Kier molecular flexibility index (Phi) is 6.95. The fourth-order valence-electron chi connectivity index (χ4n) is 2.43. The van der Waals surface area contributed by atoms with Crippen LogP contribution < -0.4 is 15.8 Å². The number of likely N-dealkylation sites (N-methyl/N-ethyl adjacent to an activating group) is 1. The number of hydrogen-bond donors (Lipinski definition) is 2. The third kappa shape index (κ3) is 5.19. The maximum atomic E-state index is 12.0. The highest BCUT2D eigenvalue weighted by molar-refractivity contribution is 5.92. The number of anilines is 1. The predicted molar refractivity (Wildman–Crippen MR) is 87.1 cm³/mol. The highest BCUT2D eigenvalue weighted by Crippen LogP contribution is 2.34. The molecule has 0 spiro atoms. The van der Waals surface area contributed by atoms with Gasteiger partial charge >= 0.3 is 0 Å². The van der Waals surface area contributed by atoms with E-state index in [4.69, 9.17) is 10.5 Å². The van der Waals surface area contributed by atoms with Gasteiger partial charge in [-0.1, -0.05) is 0 Å². The van der Waals surface area contributed by atoms with Crippen molar-refractivity contribution in [3.63, 3.8) is 0 Å². The highest BCUT2D eigenvalue weighted by Gasteiger charge is 2.33. The fraction of sp³-hybridized carbons (Fsp3) is 0.533. The van der Waals surface area contributed by atoms with E-state index in [1.807, 2.05) is 31.3 Å². The number of nitrogens with two attached hydrogens (primary N) is 1. The third-order valence-electron chi connectivity index (χ3n) is 3.74. The Morgan fingerprint density at radius 1 is 1.43 bits per heavy atom. The minimum Gasteiger partial charge on any atom is -0.497 e. The summed E-state index contributed by atoms with van der Waals surface area (Å²) in [5.74, 6) is 1.42. The Hall–Kier alpha value is -1.30. The second-order valence-electron chi connectivity index (χ2n) is 5.33. The van der Waals surface area contributed by atoms with Crippen LogP contribution >= 0.6 is 12.4 Å². The van der Waals surface area contributed by atoms with Crippen LogP contribution in [0.3, 0.4) is 0 Å². The Bertz CT molecular complexity index is 449. The van der Waals surface area contributed by atoms with Gasteiger partial charge in [0.2, 0.25) is 5.91 Å². The van der Waals surface area contributed by atoms with Crippen LogP contribution in [-0.2, 0) is 4.79 Å². The molecule has 0 radical (unpaired) electrons. The van der Waals surface area contributed by atoms with Gasteiger partial charge in [0.1, 0.15) is 5.75 Å². The number of ether oxygens (including phenoxy) is 1. The second kappa shape index (κ2) is 8.22. The summed E-state index contributed by atoms with van der Waals surface area (Å²) in [6.45, 7) is 0.974. The lowest BCUT2D eigenvalue weighted by atomic mass is 10.1. The van der Waals surface area contributed by atoms with Crippen LogP contribution in [0.2, 0.25) is 0 Å². The summed E-state index contributed by atoms with van der Waals surface area (Å²) in [5, 5.41) is 2.89. The molecule has 5 nitrogen and oxygen atoms in total. The topological polar surface area (TPSA) is 67.6 Å². The summed E-state index contributed by atoms with van der Waals surface area (Å²) in [7, 11) is 3.58. The van der Waals surface area contributed by atoms with Crippen LogP contribution in [0.15, 0.2) is 24.3 Å². The lowest BCUT2D eigenvalue weighted by molar-refractivity contribution is -0.117. The largest absolute Gasteiger partial charge is 0.497 e. The molecule has 2 rings (SSSR count). The molecular weight excluding hydrogens is 290 g/mol. The molecule has 1 fully saturated rings. The first-order valence-corrected chi connectivity index (χ1v) is 6.98. The van der Waals surface area contributed by atoms with Gasteiger partial charge in [-0.25, -0.2) is 0 Å². The first kappa shape index (κ1) is 17.8. The first-order valence-electron chi connectivity index (χ1n) is 6.98. The van der Waals surface area contributed by atoms with E-state index in [9.17, 15) is 4.79 Å². The Labute approximate surface area is 132 Å². The van der Waals surface area contributed by atoms with Crippen molar-refractivity contribution >= 4 is 24.0 Å². The van der Waals surface area contributed by atoms with Gasteiger partial charge in [-0.05, 0) is 50.1 Å². The molecule has 1 aromatic rings. The van der Waals surface area contributed by atoms with Crippen molar-refractivity contribution in [1.82, 2.24) is 4.90 Å². The van der Waals surface area contributed by atoms with E-state index in [0.717, 1.165) is 11.4 Å². The third-order valence-corrected chi connectivity index (χ3v) is 3.74. The van der Waals surface area contributed by atoms with Crippen molar-refractivity contribution in [2.45, 2.75) is 18.9 Å². The van der Waals surface area contributed by atoms with Gasteiger partial charge in [0.05, 0.1) is 13.7 Å². The summed E-state index contributed by atoms with van der Waals surface area (Å²) >= 11 is 0. The van der Waals surface area contributed by atoms with Crippen LogP contribution in [0.4, 0.5) is 5.69 Å². The van der Waals surface area contributed by atoms with Gasteiger partial charge in [-0.3, -0.25) is 9.69 Å². The number of benzene rings is 1. The monoisotopic (exact) mass is 313 g/mol. The molecule has 1 unspecified atom stereocenters. The molecule has 1 aliphatic carbocycles. The fourth-order valence-corrected chi connectivity index (χ4v) is 2.43. The standard InChI is InChI=1S/C15H23N3O2.ClH/c1-18(14(9-16)11-3-4-11)10-15(19)17-12-5-7-13(20-2)8-6-12;/h5-8,11,14H,3-4,9-10,16H2,1-2H3,(H,17,19);1H. The van der Waals surface area contributed by atoms with Crippen LogP contribution in [-0.4, -0.2) is 44.1 Å². The highest BCUT2D eigenvalue weighted by atomic mass is 35.5. The quantitative estimate of drug-likeness (QED) is 0.804. The molecule has 0 aromatic heterocycles. The van der Waals surface area contributed by atoms with Crippen LogP contribution in [0.5, 0.6) is 5.75 Å². The molecule has 0 aliphatic heterocycles. The van der Waals surface area contributed by atoms with Crippen molar-refractivity contribution in [1.29, 1.82) is 0 Å². The molecule has 118 valence electrons. The molecule has 1 amide bonds.